The molecule has 28 heavy (non-hydrogen) atoms. The summed E-state index contributed by atoms with van der Waals surface area (Å²) in [6.07, 6.45) is 0.849. The summed E-state index contributed by atoms with van der Waals surface area (Å²) in [5.74, 6) is -0.0339. The summed E-state index contributed by atoms with van der Waals surface area (Å²) in [6, 6.07) is 9.65. The van der Waals surface area contributed by atoms with E-state index in [-0.39, 0.29) is 29.0 Å². The topological polar surface area (TPSA) is 58.4 Å². The van der Waals surface area contributed by atoms with Gasteiger partial charge in [-0.3, -0.25) is 14.5 Å². The van der Waals surface area contributed by atoms with Crippen LogP contribution in [0.3, 0.4) is 0 Å². The second-order valence-corrected chi connectivity index (χ2v) is 7.69. The minimum atomic E-state index is -0.238. The zero-order valence-electron chi connectivity index (χ0n) is 16.6. The zero-order chi connectivity index (χ0) is 20.3. The third-order valence-electron chi connectivity index (χ3n) is 5.29. The third kappa shape index (κ3) is 4.65. The number of rotatable bonds is 4. The van der Waals surface area contributed by atoms with Crippen LogP contribution in [-0.2, 0) is 13.6 Å². The van der Waals surface area contributed by atoms with Crippen LogP contribution in [0.4, 0.5) is 4.39 Å². The zero-order valence-corrected chi connectivity index (χ0v) is 16.6. The number of carbonyl (C=O) groups is 1. The molecule has 150 valence electrons. The first-order valence-electron chi connectivity index (χ1n) is 9.67. The van der Waals surface area contributed by atoms with Gasteiger partial charge in [0.25, 0.3) is 11.5 Å². The van der Waals surface area contributed by atoms with Crippen LogP contribution in [0.2, 0.25) is 0 Å². The molecule has 2 heterocycles. The Labute approximate surface area is 164 Å². The minimum absolute atomic E-state index is 0.148. The molecule has 1 aromatic carbocycles. The Balaban J connectivity index is 1.77. The summed E-state index contributed by atoms with van der Waals surface area (Å²) in [7, 11) is 1.54. The van der Waals surface area contributed by atoms with Gasteiger partial charge in [-0.25, -0.2) is 9.07 Å². The minimum Gasteiger partial charge on any atom is -0.336 e. The fourth-order valence-electron chi connectivity index (χ4n) is 3.68. The lowest BCUT2D eigenvalue weighted by Gasteiger charge is -2.34. The van der Waals surface area contributed by atoms with Crippen molar-refractivity contribution in [2.45, 2.75) is 32.9 Å². The fraction of sp³-hybridized carbons (Fsp3) is 0.476. The van der Waals surface area contributed by atoms with Crippen molar-refractivity contribution in [3.05, 3.63) is 63.8 Å². The molecule has 0 unspecified atom stereocenters. The predicted octanol–water partition coefficient (Wildman–Crippen LogP) is 2.29. The maximum absolute atomic E-state index is 13.2. The van der Waals surface area contributed by atoms with Gasteiger partial charge >= 0.3 is 0 Å². The van der Waals surface area contributed by atoms with Gasteiger partial charge in [-0.05, 0) is 36.1 Å². The van der Waals surface area contributed by atoms with E-state index in [1.807, 2.05) is 17.0 Å². The van der Waals surface area contributed by atoms with E-state index in [1.54, 1.807) is 7.05 Å². The standard InChI is InChI=1S/C21H27FN4O2/c1-15(2)19-14-26(21(28)18-9-10-20(27)24(3)23-18)12-4-11-25(19)13-16-5-7-17(22)8-6-16/h5-10,15,19H,4,11-14H2,1-3H3/t19-/m1/s1. The number of aromatic nitrogens is 2. The molecule has 2 aromatic rings. The summed E-state index contributed by atoms with van der Waals surface area (Å²) in [6.45, 7) is 7.14. The highest BCUT2D eigenvalue weighted by molar-refractivity contribution is 5.92. The molecule has 1 aromatic heterocycles. The number of nitrogens with zero attached hydrogens (tertiary/aromatic N) is 4. The first kappa shape index (κ1) is 20.2. The van der Waals surface area contributed by atoms with E-state index in [0.29, 0.717) is 19.0 Å². The number of amides is 1. The average molecular weight is 386 g/mol. The van der Waals surface area contributed by atoms with Gasteiger partial charge in [0, 0.05) is 45.3 Å². The first-order chi connectivity index (χ1) is 13.3. The van der Waals surface area contributed by atoms with Crippen LogP contribution in [0.5, 0.6) is 0 Å². The smallest absolute Gasteiger partial charge is 0.274 e. The normalized spacial score (nSPS) is 18.3. The summed E-state index contributed by atoms with van der Waals surface area (Å²) in [5, 5.41) is 4.11. The van der Waals surface area contributed by atoms with Crippen LogP contribution >= 0.6 is 0 Å². The number of hydrogen-bond acceptors (Lipinski definition) is 4. The SMILES string of the molecule is CC(C)[C@H]1CN(C(=O)c2ccc(=O)n(C)n2)CCCN1Cc1ccc(F)cc1. The van der Waals surface area contributed by atoms with Crippen molar-refractivity contribution >= 4 is 5.91 Å². The molecular formula is C21H27FN4O2. The van der Waals surface area contributed by atoms with Gasteiger partial charge in [-0.1, -0.05) is 26.0 Å². The van der Waals surface area contributed by atoms with Crippen molar-refractivity contribution in [3.8, 4) is 0 Å². The van der Waals surface area contributed by atoms with E-state index >= 15 is 0 Å². The Morgan fingerprint density at radius 1 is 1.18 bits per heavy atom. The van der Waals surface area contributed by atoms with Gasteiger partial charge in [0.15, 0.2) is 0 Å². The van der Waals surface area contributed by atoms with Crippen LogP contribution in [-0.4, -0.2) is 51.2 Å². The van der Waals surface area contributed by atoms with Gasteiger partial charge in [-0.15, -0.1) is 0 Å². The number of halogens is 1. The summed E-state index contributed by atoms with van der Waals surface area (Å²) >= 11 is 0. The maximum atomic E-state index is 13.2. The molecule has 1 aliphatic heterocycles. The summed E-state index contributed by atoms with van der Waals surface area (Å²) in [5.41, 5.74) is 1.11. The highest BCUT2D eigenvalue weighted by Gasteiger charge is 2.30. The monoisotopic (exact) mass is 386 g/mol. The number of carbonyl (C=O) groups excluding carboxylic acids is 1. The lowest BCUT2D eigenvalue weighted by Crippen LogP contribution is -2.45. The van der Waals surface area contributed by atoms with Crippen molar-refractivity contribution in [3.63, 3.8) is 0 Å². The first-order valence-corrected chi connectivity index (χ1v) is 9.67. The number of benzene rings is 1. The van der Waals surface area contributed by atoms with Crippen molar-refractivity contribution in [1.82, 2.24) is 19.6 Å². The molecule has 0 saturated carbocycles. The van der Waals surface area contributed by atoms with Crippen LogP contribution in [0, 0.1) is 11.7 Å². The van der Waals surface area contributed by atoms with Gasteiger partial charge < -0.3 is 4.90 Å². The second-order valence-electron chi connectivity index (χ2n) is 7.69. The fourth-order valence-corrected chi connectivity index (χ4v) is 3.68. The molecule has 0 N–H and O–H groups in total. The van der Waals surface area contributed by atoms with E-state index in [1.165, 1.54) is 28.9 Å². The molecule has 1 saturated heterocycles. The lowest BCUT2D eigenvalue weighted by molar-refractivity contribution is 0.0694. The third-order valence-corrected chi connectivity index (χ3v) is 5.29. The van der Waals surface area contributed by atoms with Crippen molar-refractivity contribution in [2.24, 2.45) is 13.0 Å². The van der Waals surface area contributed by atoms with Crippen LogP contribution < -0.4 is 5.56 Å². The van der Waals surface area contributed by atoms with Gasteiger partial charge in [0.05, 0.1) is 0 Å². The van der Waals surface area contributed by atoms with Crippen LogP contribution in [0.15, 0.2) is 41.2 Å². The molecule has 0 spiro atoms. The molecule has 1 amide bonds. The molecule has 7 heteroatoms. The Morgan fingerprint density at radius 3 is 2.54 bits per heavy atom. The highest BCUT2D eigenvalue weighted by Crippen LogP contribution is 2.21. The Kier molecular flexibility index (Phi) is 6.24. The van der Waals surface area contributed by atoms with Crippen molar-refractivity contribution in [2.75, 3.05) is 19.6 Å². The molecule has 1 atom stereocenters. The van der Waals surface area contributed by atoms with Gasteiger partial charge in [-0.2, -0.15) is 5.10 Å². The van der Waals surface area contributed by atoms with Gasteiger partial charge in [0.2, 0.25) is 0 Å². The van der Waals surface area contributed by atoms with Crippen LogP contribution in [0.25, 0.3) is 0 Å². The van der Waals surface area contributed by atoms with E-state index in [0.717, 1.165) is 25.1 Å². The Bertz CT molecular complexity index is 879. The quantitative estimate of drug-likeness (QED) is 0.809. The molecule has 3 rings (SSSR count). The van der Waals surface area contributed by atoms with Crippen LogP contribution in [0.1, 0.15) is 36.3 Å². The summed E-state index contributed by atoms with van der Waals surface area (Å²) < 4.78 is 14.4. The summed E-state index contributed by atoms with van der Waals surface area (Å²) in [4.78, 5) is 28.7. The molecule has 1 fully saturated rings. The average Bonchev–Trinajstić information content (AvgIpc) is 2.88. The number of hydrogen-bond donors (Lipinski definition) is 0. The molecule has 0 radical (unpaired) electrons. The highest BCUT2D eigenvalue weighted by atomic mass is 19.1. The van der Waals surface area contributed by atoms with E-state index in [9.17, 15) is 14.0 Å². The van der Waals surface area contributed by atoms with E-state index in [4.69, 9.17) is 0 Å². The van der Waals surface area contributed by atoms with Gasteiger partial charge in [0.1, 0.15) is 11.5 Å². The van der Waals surface area contributed by atoms with E-state index in [2.05, 4.69) is 23.8 Å². The molecule has 0 aliphatic carbocycles. The predicted molar refractivity (Wildman–Crippen MR) is 105 cm³/mol. The largest absolute Gasteiger partial charge is 0.336 e. The number of aryl methyl sites for hydroxylation is 1. The Morgan fingerprint density at radius 2 is 1.89 bits per heavy atom. The van der Waals surface area contributed by atoms with Crippen molar-refractivity contribution in [1.29, 1.82) is 0 Å². The molecule has 6 nitrogen and oxygen atoms in total. The van der Waals surface area contributed by atoms with Crippen molar-refractivity contribution < 1.29 is 9.18 Å². The lowest BCUT2D eigenvalue weighted by atomic mass is 10.0. The van der Waals surface area contributed by atoms with E-state index < -0.39 is 0 Å². The maximum Gasteiger partial charge on any atom is 0.274 e. The molecule has 1 aliphatic rings. The Hall–Kier alpha value is -2.54. The molecule has 0 bridgehead atoms. The second kappa shape index (κ2) is 8.65. The molecular weight excluding hydrogens is 359 g/mol.